The summed E-state index contributed by atoms with van der Waals surface area (Å²) in [6, 6.07) is 6.22. The summed E-state index contributed by atoms with van der Waals surface area (Å²) in [4.78, 5) is 57.0. The van der Waals surface area contributed by atoms with Crippen LogP contribution < -0.4 is 21.3 Å². The molecule has 12 heteroatoms. The normalized spacial score (nSPS) is 11.2. The molecule has 38 heavy (non-hydrogen) atoms. The summed E-state index contributed by atoms with van der Waals surface area (Å²) in [7, 11) is 0. The maximum absolute atomic E-state index is 12.5. The van der Waals surface area contributed by atoms with Gasteiger partial charge in [0, 0.05) is 49.7 Å². The Balaban J connectivity index is 1.89. The predicted octanol–water partition coefficient (Wildman–Crippen LogP) is 2.65. The van der Waals surface area contributed by atoms with E-state index in [0.717, 1.165) is 0 Å². The fourth-order valence-electron chi connectivity index (χ4n) is 2.94. The standard InChI is InChI=1S/C26H36N6O6/c1-25(2,3)37-23(35)31-13-11-29-21(33)17-7-9-27-19(15-17)20-16-18(8-10-28-20)22(34)30-12-14-32-24(36)38-26(4,5)6/h7-10,15-16H,11-14H2,1-6H3,(H,29,33)(H,30,34)(H,31,35)(H,32,36). The van der Waals surface area contributed by atoms with Crippen molar-refractivity contribution in [2.75, 3.05) is 26.2 Å². The van der Waals surface area contributed by atoms with Gasteiger partial charge in [-0.1, -0.05) is 0 Å². The summed E-state index contributed by atoms with van der Waals surface area (Å²) in [5.41, 5.74) is 0.295. The van der Waals surface area contributed by atoms with Crippen molar-refractivity contribution in [2.45, 2.75) is 52.7 Å². The van der Waals surface area contributed by atoms with Gasteiger partial charge in [0.25, 0.3) is 11.8 Å². The maximum Gasteiger partial charge on any atom is 0.407 e. The van der Waals surface area contributed by atoms with Gasteiger partial charge in [0.15, 0.2) is 0 Å². The van der Waals surface area contributed by atoms with E-state index in [4.69, 9.17) is 9.47 Å². The zero-order chi connectivity index (χ0) is 28.3. The molecule has 12 nitrogen and oxygen atoms in total. The third-order valence-corrected chi connectivity index (χ3v) is 4.46. The number of hydrogen-bond acceptors (Lipinski definition) is 8. The molecule has 0 bridgehead atoms. The highest BCUT2D eigenvalue weighted by atomic mass is 16.6. The first kappa shape index (κ1) is 30.0. The van der Waals surface area contributed by atoms with Gasteiger partial charge in [-0.15, -0.1) is 0 Å². The molecular formula is C26H36N6O6. The van der Waals surface area contributed by atoms with Crippen LogP contribution in [0.15, 0.2) is 36.7 Å². The van der Waals surface area contributed by atoms with Gasteiger partial charge in [-0.2, -0.15) is 0 Å². The smallest absolute Gasteiger partial charge is 0.407 e. The van der Waals surface area contributed by atoms with Gasteiger partial charge in [0.05, 0.1) is 11.4 Å². The van der Waals surface area contributed by atoms with E-state index < -0.39 is 23.4 Å². The first-order chi connectivity index (χ1) is 17.7. The number of nitrogens with zero attached hydrogens (tertiary/aromatic N) is 2. The highest BCUT2D eigenvalue weighted by Gasteiger charge is 2.17. The van der Waals surface area contributed by atoms with E-state index in [-0.39, 0.29) is 38.0 Å². The molecule has 2 heterocycles. The number of amides is 4. The molecule has 0 aromatic carbocycles. The van der Waals surface area contributed by atoms with Crippen LogP contribution in [0, 0.1) is 0 Å². The van der Waals surface area contributed by atoms with Crippen molar-refractivity contribution in [3.05, 3.63) is 47.8 Å². The second-order valence-electron chi connectivity index (χ2n) is 10.2. The minimum atomic E-state index is -0.605. The van der Waals surface area contributed by atoms with Crippen LogP contribution in [0.2, 0.25) is 0 Å². The van der Waals surface area contributed by atoms with E-state index in [1.807, 2.05) is 0 Å². The van der Waals surface area contributed by atoms with Crippen LogP contribution in [0.5, 0.6) is 0 Å². The molecule has 0 fully saturated rings. The number of ether oxygens (including phenoxy) is 2. The molecule has 0 saturated carbocycles. The Bertz CT molecular complexity index is 1050. The van der Waals surface area contributed by atoms with Crippen molar-refractivity contribution in [1.82, 2.24) is 31.2 Å². The Morgan fingerprint density at radius 1 is 0.632 bits per heavy atom. The van der Waals surface area contributed by atoms with Crippen LogP contribution in [-0.4, -0.2) is 71.3 Å². The maximum atomic E-state index is 12.5. The predicted molar refractivity (Wildman–Crippen MR) is 141 cm³/mol. The Morgan fingerprint density at radius 2 is 0.974 bits per heavy atom. The molecule has 0 spiro atoms. The topological polar surface area (TPSA) is 161 Å². The number of pyridine rings is 2. The molecule has 206 valence electrons. The zero-order valence-electron chi connectivity index (χ0n) is 22.6. The molecule has 0 radical (unpaired) electrons. The van der Waals surface area contributed by atoms with E-state index in [1.165, 1.54) is 12.4 Å². The Morgan fingerprint density at radius 3 is 1.32 bits per heavy atom. The van der Waals surface area contributed by atoms with Crippen LogP contribution in [0.4, 0.5) is 9.59 Å². The highest BCUT2D eigenvalue weighted by molar-refractivity contribution is 5.96. The van der Waals surface area contributed by atoms with E-state index in [2.05, 4.69) is 31.2 Å². The third kappa shape index (κ3) is 11.2. The van der Waals surface area contributed by atoms with Gasteiger partial charge >= 0.3 is 12.2 Å². The molecule has 2 aromatic rings. The summed E-state index contributed by atoms with van der Waals surface area (Å²) in [5, 5.41) is 10.6. The summed E-state index contributed by atoms with van der Waals surface area (Å²) in [5.74, 6) is -0.711. The van der Waals surface area contributed by atoms with Crippen LogP contribution in [-0.2, 0) is 9.47 Å². The van der Waals surface area contributed by atoms with Crippen molar-refractivity contribution in [3.63, 3.8) is 0 Å². The first-order valence-corrected chi connectivity index (χ1v) is 12.2. The molecule has 4 amide bonds. The summed E-state index contributed by atoms with van der Waals surface area (Å²) in [6.45, 7) is 11.4. The minimum absolute atomic E-state index is 0.199. The van der Waals surface area contributed by atoms with Crippen molar-refractivity contribution < 1.29 is 28.7 Å². The molecule has 0 aliphatic heterocycles. The molecular weight excluding hydrogens is 492 g/mol. The van der Waals surface area contributed by atoms with E-state index in [0.29, 0.717) is 22.5 Å². The van der Waals surface area contributed by atoms with Crippen LogP contribution >= 0.6 is 0 Å². The average Bonchev–Trinajstić information content (AvgIpc) is 2.82. The summed E-state index contributed by atoms with van der Waals surface area (Å²) >= 11 is 0. The number of hydrogen-bond donors (Lipinski definition) is 4. The van der Waals surface area contributed by atoms with Gasteiger partial charge in [0.2, 0.25) is 0 Å². The molecule has 0 atom stereocenters. The fraction of sp³-hybridized carbons (Fsp3) is 0.462. The SMILES string of the molecule is CC(C)(C)OC(=O)NCCNC(=O)c1ccnc(-c2cc(C(=O)NCCNC(=O)OC(C)(C)C)ccn2)c1. The molecule has 0 unspecified atom stereocenters. The Labute approximate surface area is 222 Å². The van der Waals surface area contributed by atoms with Crippen LogP contribution in [0.1, 0.15) is 62.3 Å². The number of alkyl carbamates (subject to hydrolysis) is 2. The zero-order valence-corrected chi connectivity index (χ0v) is 22.6. The summed E-state index contributed by atoms with van der Waals surface area (Å²) < 4.78 is 10.3. The van der Waals surface area contributed by atoms with Gasteiger partial charge in [-0.3, -0.25) is 19.6 Å². The highest BCUT2D eigenvalue weighted by Crippen LogP contribution is 2.17. The van der Waals surface area contributed by atoms with Crippen LogP contribution in [0.3, 0.4) is 0 Å². The summed E-state index contributed by atoms with van der Waals surface area (Å²) in [6.07, 6.45) is 1.82. The molecule has 4 N–H and O–H groups in total. The minimum Gasteiger partial charge on any atom is -0.444 e. The largest absolute Gasteiger partial charge is 0.444 e. The number of carbonyl (C=O) groups excluding carboxylic acids is 4. The Hall–Kier alpha value is -4.22. The molecule has 0 saturated heterocycles. The van der Waals surface area contributed by atoms with E-state index in [9.17, 15) is 19.2 Å². The van der Waals surface area contributed by atoms with Crippen molar-refractivity contribution in [2.24, 2.45) is 0 Å². The molecule has 2 rings (SSSR count). The van der Waals surface area contributed by atoms with E-state index in [1.54, 1.807) is 65.8 Å². The molecule has 0 aliphatic rings. The van der Waals surface area contributed by atoms with Crippen molar-refractivity contribution in [1.29, 1.82) is 0 Å². The first-order valence-electron chi connectivity index (χ1n) is 12.2. The molecule has 0 aliphatic carbocycles. The Kier molecular flexibility index (Phi) is 10.5. The van der Waals surface area contributed by atoms with Crippen molar-refractivity contribution >= 4 is 24.0 Å². The second-order valence-corrected chi connectivity index (χ2v) is 10.2. The lowest BCUT2D eigenvalue weighted by atomic mass is 10.1. The van der Waals surface area contributed by atoms with Crippen molar-refractivity contribution in [3.8, 4) is 11.4 Å². The fourth-order valence-corrected chi connectivity index (χ4v) is 2.94. The number of rotatable bonds is 9. The quantitative estimate of drug-likeness (QED) is 0.361. The van der Waals surface area contributed by atoms with E-state index >= 15 is 0 Å². The van der Waals surface area contributed by atoms with Gasteiger partial charge in [0.1, 0.15) is 11.2 Å². The number of carbonyl (C=O) groups is 4. The lowest BCUT2D eigenvalue weighted by Gasteiger charge is -2.19. The number of nitrogens with one attached hydrogen (secondary N) is 4. The lowest BCUT2D eigenvalue weighted by molar-refractivity contribution is 0.0516. The molecule has 2 aromatic heterocycles. The lowest BCUT2D eigenvalue weighted by Crippen LogP contribution is -2.37. The van der Waals surface area contributed by atoms with Gasteiger partial charge < -0.3 is 30.7 Å². The average molecular weight is 529 g/mol. The van der Waals surface area contributed by atoms with Gasteiger partial charge in [-0.05, 0) is 65.8 Å². The van der Waals surface area contributed by atoms with Crippen LogP contribution in [0.25, 0.3) is 11.4 Å². The monoisotopic (exact) mass is 528 g/mol. The third-order valence-electron chi connectivity index (χ3n) is 4.46. The second kappa shape index (κ2) is 13.4. The number of aromatic nitrogens is 2. The van der Waals surface area contributed by atoms with Gasteiger partial charge in [-0.25, -0.2) is 9.59 Å².